The Balaban J connectivity index is 5.55. The van der Waals surface area contributed by atoms with E-state index in [-0.39, 0.29) is 0 Å². The van der Waals surface area contributed by atoms with Gasteiger partial charge in [0.25, 0.3) is 0 Å². The fraction of sp³-hybridized carbons (Fsp3) is 0.353. The van der Waals surface area contributed by atoms with Crippen LogP contribution in [0.3, 0.4) is 0 Å². The normalized spacial score (nSPS) is 15.2. The second-order valence-electron chi connectivity index (χ2n) is 4.38. The molecule has 1 nitrogen and oxygen atoms in total. The molecule has 0 aliphatic rings. The van der Waals surface area contributed by atoms with Crippen molar-refractivity contribution in [1.29, 1.82) is 0 Å². The molecule has 0 atom stereocenters. The standard InChI is InChI=1S/C17H24ClN/c1-8-15(11-16(18)9-2)14(7)19-17(10-3)13(6)12(4)5/h8-9,11H,2,4,10H2,1,3,5-7H3/b15-8+,16-11+,17-13+,19-14+. The van der Waals surface area contributed by atoms with E-state index in [1.807, 2.05) is 32.9 Å². The smallest absolute Gasteiger partial charge is 0.0445 e. The first-order valence-electron chi connectivity index (χ1n) is 6.44. The van der Waals surface area contributed by atoms with Crippen molar-refractivity contribution in [3.63, 3.8) is 0 Å². The van der Waals surface area contributed by atoms with Crippen molar-refractivity contribution < 1.29 is 0 Å². The van der Waals surface area contributed by atoms with Crippen LogP contribution in [0.4, 0.5) is 0 Å². The molecule has 0 rings (SSSR count). The summed E-state index contributed by atoms with van der Waals surface area (Å²) < 4.78 is 0. The third kappa shape index (κ3) is 5.89. The second kappa shape index (κ2) is 8.71. The van der Waals surface area contributed by atoms with Gasteiger partial charge < -0.3 is 0 Å². The lowest BCUT2D eigenvalue weighted by atomic mass is 10.1. The van der Waals surface area contributed by atoms with Gasteiger partial charge in [-0.25, -0.2) is 0 Å². The third-order valence-corrected chi connectivity index (χ3v) is 3.19. The summed E-state index contributed by atoms with van der Waals surface area (Å²) in [6, 6.07) is 0. The first-order chi connectivity index (χ1) is 8.87. The molecule has 19 heavy (non-hydrogen) atoms. The largest absolute Gasteiger partial charge is 0.257 e. The van der Waals surface area contributed by atoms with E-state index in [1.54, 1.807) is 6.08 Å². The zero-order chi connectivity index (χ0) is 15.0. The van der Waals surface area contributed by atoms with Crippen LogP contribution in [0.2, 0.25) is 0 Å². The van der Waals surface area contributed by atoms with Crippen LogP contribution in [0.15, 0.2) is 63.8 Å². The zero-order valence-corrected chi connectivity index (χ0v) is 13.4. The number of halogens is 1. The molecule has 0 aromatic carbocycles. The van der Waals surface area contributed by atoms with Crippen LogP contribution >= 0.6 is 11.6 Å². The molecular weight excluding hydrogens is 254 g/mol. The highest BCUT2D eigenvalue weighted by atomic mass is 35.5. The summed E-state index contributed by atoms with van der Waals surface area (Å²) in [4.78, 5) is 4.70. The topological polar surface area (TPSA) is 12.4 Å². The Morgan fingerprint density at radius 1 is 1.26 bits per heavy atom. The van der Waals surface area contributed by atoms with Gasteiger partial charge in [-0.3, -0.25) is 4.99 Å². The van der Waals surface area contributed by atoms with Gasteiger partial charge in [-0.05, 0) is 51.3 Å². The Morgan fingerprint density at radius 3 is 2.21 bits per heavy atom. The van der Waals surface area contributed by atoms with E-state index in [0.29, 0.717) is 5.03 Å². The van der Waals surface area contributed by atoms with Crippen LogP contribution in [-0.2, 0) is 0 Å². The number of aliphatic imine (C=N–C) groups is 1. The minimum atomic E-state index is 0.612. The zero-order valence-electron chi connectivity index (χ0n) is 12.7. The molecule has 0 amide bonds. The van der Waals surface area contributed by atoms with Crippen molar-refractivity contribution in [2.75, 3.05) is 0 Å². The molecular formula is C17H24ClN. The maximum absolute atomic E-state index is 5.99. The molecule has 0 aromatic rings. The number of allylic oxidation sites excluding steroid dienone is 8. The second-order valence-corrected chi connectivity index (χ2v) is 4.82. The molecule has 0 fully saturated rings. The minimum Gasteiger partial charge on any atom is -0.257 e. The molecule has 0 aliphatic heterocycles. The molecule has 0 unspecified atom stereocenters. The van der Waals surface area contributed by atoms with Crippen molar-refractivity contribution in [1.82, 2.24) is 0 Å². The minimum absolute atomic E-state index is 0.612. The van der Waals surface area contributed by atoms with E-state index < -0.39 is 0 Å². The van der Waals surface area contributed by atoms with Crippen LogP contribution in [0.5, 0.6) is 0 Å². The summed E-state index contributed by atoms with van der Waals surface area (Å²) in [5.41, 5.74) is 5.21. The lowest BCUT2D eigenvalue weighted by Crippen LogP contribution is -1.98. The summed E-state index contributed by atoms with van der Waals surface area (Å²) in [6.45, 7) is 17.7. The Labute approximate surface area is 122 Å². The summed E-state index contributed by atoms with van der Waals surface area (Å²) in [6.07, 6.45) is 6.37. The maximum atomic E-state index is 5.99. The summed E-state index contributed by atoms with van der Waals surface area (Å²) in [5, 5.41) is 0.612. The fourth-order valence-corrected chi connectivity index (χ4v) is 1.66. The predicted molar refractivity (Wildman–Crippen MR) is 88.8 cm³/mol. The highest BCUT2D eigenvalue weighted by molar-refractivity contribution is 6.31. The molecule has 2 heteroatoms. The van der Waals surface area contributed by atoms with Gasteiger partial charge in [-0.2, -0.15) is 0 Å². The molecule has 0 aliphatic carbocycles. The Hall–Kier alpha value is -1.34. The molecule has 104 valence electrons. The van der Waals surface area contributed by atoms with Crippen molar-refractivity contribution >= 4 is 17.3 Å². The number of nitrogens with zero attached hydrogens (tertiary/aromatic N) is 1. The third-order valence-electron chi connectivity index (χ3n) is 2.93. The number of rotatable bonds is 6. The van der Waals surface area contributed by atoms with E-state index in [2.05, 4.69) is 27.0 Å². The van der Waals surface area contributed by atoms with Crippen LogP contribution < -0.4 is 0 Å². The van der Waals surface area contributed by atoms with Gasteiger partial charge in [0.1, 0.15) is 0 Å². The van der Waals surface area contributed by atoms with Gasteiger partial charge in [0, 0.05) is 16.4 Å². The molecule has 0 aromatic heterocycles. The monoisotopic (exact) mass is 277 g/mol. The number of hydrogen-bond acceptors (Lipinski definition) is 1. The number of hydrogen-bond donors (Lipinski definition) is 0. The average Bonchev–Trinajstić information content (AvgIpc) is 2.40. The van der Waals surface area contributed by atoms with Crippen molar-refractivity contribution in [3.05, 3.63) is 58.8 Å². The quantitative estimate of drug-likeness (QED) is 0.419. The van der Waals surface area contributed by atoms with Crippen molar-refractivity contribution in [2.24, 2.45) is 4.99 Å². The summed E-state index contributed by atoms with van der Waals surface area (Å²) in [5.74, 6) is 0. The molecule has 0 spiro atoms. The first-order valence-corrected chi connectivity index (χ1v) is 6.82. The van der Waals surface area contributed by atoms with E-state index in [0.717, 1.165) is 34.5 Å². The van der Waals surface area contributed by atoms with Crippen LogP contribution in [0, 0.1) is 0 Å². The lowest BCUT2D eigenvalue weighted by molar-refractivity contribution is 1.03. The van der Waals surface area contributed by atoms with E-state index in [4.69, 9.17) is 16.6 Å². The van der Waals surface area contributed by atoms with Crippen molar-refractivity contribution in [3.8, 4) is 0 Å². The Morgan fingerprint density at radius 2 is 1.84 bits per heavy atom. The van der Waals surface area contributed by atoms with E-state index in [9.17, 15) is 0 Å². The molecule has 0 N–H and O–H groups in total. The maximum Gasteiger partial charge on any atom is 0.0445 e. The van der Waals surface area contributed by atoms with E-state index >= 15 is 0 Å². The Bertz CT molecular complexity index is 473. The molecule has 0 bridgehead atoms. The highest BCUT2D eigenvalue weighted by Gasteiger charge is 2.03. The van der Waals surface area contributed by atoms with Crippen LogP contribution in [0.1, 0.15) is 41.0 Å². The lowest BCUT2D eigenvalue weighted by Gasteiger charge is -2.08. The van der Waals surface area contributed by atoms with Gasteiger partial charge in [0.2, 0.25) is 0 Å². The van der Waals surface area contributed by atoms with Gasteiger partial charge in [-0.15, -0.1) is 0 Å². The molecule has 0 heterocycles. The summed E-state index contributed by atoms with van der Waals surface area (Å²) in [7, 11) is 0. The molecule has 0 saturated heterocycles. The fourth-order valence-electron chi connectivity index (χ4n) is 1.55. The van der Waals surface area contributed by atoms with E-state index in [1.165, 1.54) is 0 Å². The Kier molecular flexibility index (Phi) is 8.09. The van der Waals surface area contributed by atoms with Crippen LogP contribution in [0.25, 0.3) is 0 Å². The first kappa shape index (κ1) is 17.7. The van der Waals surface area contributed by atoms with Crippen molar-refractivity contribution in [2.45, 2.75) is 41.0 Å². The van der Waals surface area contributed by atoms with Gasteiger partial charge in [0.05, 0.1) is 0 Å². The highest BCUT2D eigenvalue weighted by Crippen LogP contribution is 2.18. The summed E-state index contributed by atoms with van der Waals surface area (Å²) >= 11 is 5.99. The van der Waals surface area contributed by atoms with Gasteiger partial charge in [0.15, 0.2) is 0 Å². The average molecular weight is 278 g/mol. The predicted octanol–water partition coefficient (Wildman–Crippen LogP) is 5.96. The van der Waals surface area contributed by atoms with Crippen LogP contribution in [-0.4, -0.2) is 5.71 Å². The SMILES string of the molecule is C=C\C(Cl)=C/C(=C\C)C(/C)=N/C(CC)=C(\C)C(=C)C. The molecule has 0 radical (unpaired) electrons. The van der Waals surface area contributed by atoms with Gasteiger partial charge in [-0.1, -0.05) is 49.4 Å². The molecule has 0 saturated carbocycles. The van der Waals surface area contributed by atoms with Gasteiger partial charge >= 0.3 is 0 Å².